The van der Waals surface area contributed by atoms with Gasteiger partial charge in [0.15, 0.2) is 0 Å². The summed E-state index contributed by atoms with van der Waals surface area (Å²) < 4.78 is 14.1. The number of alkyl halides is 1. The number of benzene rings is 1. The summed E-state index contributed by atoms with van der Waals surface area (Å²) in [6, 6.07) is 5.96. The topological polar surface area (TPSA) is 6.48 Å². The molecule has 0 N–H and O–H groups in total. The number of anilines is 1. The fraction of sp³-hybridized carbons (Fsp3) is 0.600. The van der Waals surface area contributed by atoms with E-state index in [9.17, 15) is 4.39 Å². The van der Waals surface area contributed by atoms with E-state index in [4.69, 9.17) is 0 Å². The smallest absolute Gasteiger partial charge is 0.146 e. The van der Waals surface area contributed by atoms with E-state index >= 15 is 0 Å². The van der Waals surface area contributed by atoms with Gasteiger partial charge in [-0.25, -0.2) is 4.39 Å². The molecule has 1 atom stereocenters. The lowest BCUT2D eigenvalue weighted by Gasteiger charge is -2.39. The summed E-state index contributed by atoms with van der Waals surface area (Å²) in [5, 5.41) is 0.700. The maximum atomic E-state index is 14.1. The van der Waals surface area contributed by atoms with E-state index in [0.717, 1.165) is 37.4 Å². The molecule has 1 aliphatic heterocycles. The lowest BCUT2D eigenvalue weighted by Crippen LogP contribution is -2.49. The van der Waals surface area contributed by atoms with Crippen molar-refractivity contribution in [1.82, 2.24) is 4.90 Å². The predicted molar refractivity (Wildman–Crippen MR) is 82.6 cm³/mol. The van der Waals surface area contributed by atoms with Gasteiger partial charge in [-0.2, -0.15) is 0 Å². The van der Waals surface area contributed by atoms with Crippen LogP contribution in [0.5, 0.6) is 0 Å². The molecule has 0 bridgehead atoms. The number of piperazine rings is 1. The lowest BCUT2D eigenvalue weighted by molar-refractivity contribution is 0.192. The molecule has 4 heteroatoms. The summed E-state index contributed by atoms with van der Waals surface area (Å²) in [4.78, 5) is 4.68. The first kappa shape index (κ1) is 14.8. The Morgan fingerprint density at radius 3 is 2.53 bits per heavy atom. The largest absolute Gasteiger partial charge is 0.366 e. The summed E-state index contributed by atoms with van der Waals surface area (Å²) in [7, 11) is 0. The van der Waals surface area contributed by atoms with Crippen LogP contribution in [0.1, 0.15) is 25.8 Å². The molecule has 0 amide bonds. The van der Waals surface area contributed by atoms with Crippen LogP contribution in [0.25, 0.3) is 0 Å². The summed E-state index contributed by atoms with van der Waals surface area (Å²) in [5.41, 5.74) is 1.82. The quantitative estimate of drug-likeness (QED) is 0.778. The molecule has 0 aromatic heterocycles. The van der Waals surface area contributed by atoms with Crippen molar-refractivity contribution in [1.29, 1.82) is 0 Å². The highest BCUT2D eigenvalue weighted by atomic mass is 79.9. The highest BCUT2D eigenvalue weighted by Gasteiger charge is 2.23. The van der Waals surface area contributed by atoms with Crippen LogP contribution < -0.4 is 4.90 Å². The van der Waals surface area contributed by atoms with Crippen LogP contribution >= 0.6 is 15.9 Å². The Hall–Kier alpha value is -0.610. The van der Waals surface area contributed by atoms with Gasteiger partial charge < -0.3 is 4.90 Å². The first-order valence-electron chi connectivity index (χ1n) is 6.99. The van der Waals surface area contributed by atoms with E-state index in [2.05, 4.69) is 39.6 Å². The van der Waals surface area contributed by atoms with Crippen molar-refractivity contribution < 1.29 is 4.39 Å². The molecule has 0 spiro atoms. The molecular weight excluding hydrogens is 307 g/mol. The van der Waals surface area contributed by atoms with Crippen LogP contribution in [0, 0.1) is 5.82 Å². The molecule has 1 unspecified atom stereocenters. The van der Waals surface area contributed by atoms with Gasteiger partial charge in [-0.3, -0.25) is 4.90 Å². The molecular formula is C15H22BrFN2. The SMILES string of the molecule is CCC(C)N1CCN(c2c(F)cccc2CBr)CC1. The van der Waals surface area contributed by atoms with E-state index < -0.39 is 0 Å². The number of hydrogen-bond donors (Lipinski definition) is 0. The third kappa shape index (κ3) is 3.29. The molecule has 1 heterocycles. The minimum Gasteiger partial charge on any atom is -0.366 e. The van der Waals surface area contributed by atoms with Crippen molar-refractivity contribution in [3.8, 4) is 0 Å². The minimum atomic E-state index is -0.103. The molecule has 1 aromatic rings. The summed E-state index contributed by atoms with van der Waals surface area (Å²) in [5.74, 6) is -0.103. The van der Waals surface area contributed by atoms with Crippen LogP contribution in [0.2, 0.25) is 0 Å². The van der Waals surface area contributed by atoms with Crippen molar-refractivity contribution >= 4 is 21.6 Å². The van der Waals surface area contributed by atoms with Gasteiger partial charge in [0, 0.05) is 37.6 Å². The molecule has 106 valence electrons. The molecule has 0 aliphatic carbocycles. The molecule has 2 nitrogen and oxygen atoms in total. The first-order valence-corrected chi connectivity index (χ1v) is 8.11. The zero-order valence-electron chi connectivity index (χ0n) is 11.7. The van der Waals surface area contributed by atoms with Crippen molar-refractivity contribution in [2.75, 3.05) is 31.1 Å². The van der Waals surface area contributed by atoms with Crippen LogP contribution in [0.3, 0.4) is 0 Å². The Bertz CT molecular complexity index is 417. The standard InChI is InChI=1S/C15H22BrFN2/c1-3-12(2)18-7-9-19(10-8-18)15-13(11-16)5-4-6-14(15)17/h4-6,12H,3,7-11H2,1-2H3. The molecule has 2 rings (SSSR count). The maximum Gasteiger partial charge on any atom is 0.146 e. The lowest BCUT2D eigenvalue weighted by atomic mass is 10.1. The van der Waals surface area contributed by atoms with Crippen molar-refractivity contribution in [3.63, 3.8) is 0 Å². The zero-order valence-corrected chi connectivity index (χ0v) is 13.3. The molecule has 0 saturated carbocycles. The van der Waals surface area contributed by atoms with Crippen LogP contribution in [-0.2, 0) is 5.33 Å². The van der Waals surface area contributed by atoms with Gasteiger partial charge in [0.2, 0.25) is 0 Å². The van der Waals surface area contributed by atoms with Gasteiger partial charge in [-0.15, -0.1) is 0 Å². The fourth-order valence-corrected chi connectivity index (χ4v) is 3.12. The molecule has 1 aliphatic rings. The number of hydrogen-bond acceptors (Lipinski definition) is 2. The number of rotatable bonds is 4. The first-order chi connectivity index (χ1) is 9.17. The second-order valence-corrected chi connectivity index (χ2v) is 5.72. The van der Waals surface area contributed by atoms with Gasteiger partial charge in [0.1, 0.15) is 5.82 Å². The Morgan fingerprint density at radius 1 is 1.26 bits per heavy atom. The molecule has 19 heavy (non-hydrogen) atoms. The maximum absolute atomic E-state index is 14.1. The Labute approximate surface area is 123 Å². The second-order valence-electron chi connectivity index (χ2n) is 5.16. The van der Waals surface area contributed by atoms with Gasteiger partial charge in [0.05, 0.1) is 5.69 Å². The van der Waals surface area contributed by atoms with E-state index in [-0.39, 0.29) is 5.82 Å². The second kappa shape index (κ2) is 6.71. The van der Waals surface area contributed by atoms with Crippen molar-refractivity contribution in [2.24, 2.45) is 0 Å². The van der Waals surface area contributed by atoms with Crippen molar-refractivity contribution in [2.45, 2.75) is 31.6 Å². The highest BCUT2D eigenvalue weighted by Crippen LogP contribution is 2.27. The summed E-state index contributed by atoms with van der Waals surface area (Å²) in [6.07, 6.45) is 1.17. The van der Waals surface area contributed by atoms with Crippen LogP contribution in [0.15, 0.2) is 18.2 Å². The highest BCUT2D eigenvalue weighted by molar-refractivity contribution is 9.08. The van der Waals surface area contributed by atoms with Crippen LogP contribution in [0.4, 0.5) is 10.1 Å². The third-order valence-electron chi connectivity index (χ3n) is 4.06. The van der Waals surface area contributed by atoms with Crippen molar-refractivity contribution in [3.05, 3.63) is 29.6 Å². The molecule has 1 aromatic carbocycles. The van der Waals surface area contributed by atoms with Gasteiger partial charge in [-0.1, -0.05) is 35.0 Å². The predicted octanol–water partition coefficient (Wildman–Crippen LogP) is 3.64. The van der Waals surface area contributed by atoms with E-state index in [1.54, 1.807) is 12.1 Å². The fourth-order valence-electron chi connectivity index (χ4n) is 2.67. The minimum absolute atomic E-state index is 0.103. The zero-order chi connectivity index (χ0) is 13.8. The number of para-hydroxylation sites is 1. The monoisotopic (exact) mass is 328 g/mol. The summed E-state index contributed by atoms with van der Waals surface area (Å²) >= 11 is 3.45. The summed E-state index contributed by atoms with van der Waals surface area (Å²) in [6.45, 7) is 8.34. The molecule has 1 saturated heterocycles. The van der Waals surface area contributed by atoms with E-state index in [0.29, 0.717) is 11.4 Å². The average molecular weight is 329 g/mol. The van der Waals surface area contributed by atoms with E-state index in [1.807, 2.05) is 6.07 Å². The molecule has 0 radical (unpaired) electrons. The normalized spacial score (nSPS) is 18.6. The number of halogens is 2. The third-order valence-corrected chi connectivity index (χ3v) is 4.66. The Balaban J connectivity index is 2.09. The van der Waals surface area contributed by atoms with E-state index in [1.165, 1.54) is 6.42 Å². The Kier molecular flexibility index (Phi) is 5.22. The molecule has 1 fully saturated rings. The average Bonchev–Trinajstić information content (AvgIpc) is 2.46. The van der Waals surface area contributed by atoms with Crippen LogP contribution in [-0.4, -0.2) is 37.1 Å². The van der Waals surface area contributed by atoms with Gasteiger partial charge >= 0.3 is 0 Å². The Morgan fingerprint density at radius 2 is 1.95 bits per heavy atom. The van der Waals surface area contributed by atoms with Gasteiger partial charge in [-0.05, 0) is 25.0 Å². The van der Waals surface area contributed by atoms with Gasteiger partial charge in [0.25, 0.3) is 0 Å². The number of nitrogens with zero attached hydrogens (tertiary/aromatic N) is 2.